The van der Waals surface area contributed by atoms with Crippen LogP contribution >= 0.6 is 11.8 Å². The van der Waals surface area contributed by atoms with Crippen molar-refractivity contribution in [1.29, 1.82) is 0 Å². The van der Waals surface area contributed by atoms with Crippen molar-refractivity contribution in [3.63, 3.8) is 0 Å². The Hall–Kier alpha value is -1.82. The van der Waals surface area contributed by atoms with Crippen LogP contribution in [0.4, 0.5) is 0 Å². The SMILES string of the molecule is COC(=O)CSc1nnc(C)n1-c1ccc(C)c(C)c1. The Morgan fingerprint density at radius 2 is 2.00 bits per heavy atom. The van der Waals surface area contributed by atoms with E-state index in [2.05, 4.69) is 40.9 Å². The van der Waals surface area contributed by atoms with E-state index in [1.54, 1.807) is 0 Å². The van der Waals surface area contributed by atoms with Gasteiger partial charge in [-0.3, -0.25) is 9.36 Å². The molecule has 0 saturated carbocycles. The number of nitrogens with zero attached hydrogens (tertiary/aromatic N) is 3. The van der Waals surface area contributed by atoms with Crippen LogP contribution in [0, 0.1) is 20.8 Å². The van der Waals surface area contributed by atoms with Crippen molar-refractivity contribution >= 4 is 17.7 Å². The largest absolute Gasteiger partial charge is 0.468 e. The molecule has 20 heavy (non-hydrogen) atoms. The third kappa shape index (κ3) is 3.01. The second-order valence-corrected chi connectivity index (χ2v) is 5.44. The van der Waals surface area contributed by atoms with Gasteiger partial charge in [0.2, 0.25) is 0 Å². The van der Waals surface area contributed by atoms with Crippen LogP contribution in [0.5, 0.6) is 0 Å². The maximum atomic E-state index is 11.2. The lowest BCUT2D eigenvalue weighted by Crippen LogP contribution is -2.05. The molecule has 1 heterocycles. The second-order valence-electron chi connectivity index (χ2n) is 4.50. The van der Waals surface area contributed by atoms with Gasteiger partial charge in [0.05, 0.1) is 12.9 Å². The number of thioether (sulfide) groups is 1. The van der Waals surface area contributed by atoms with Gasteiger partial charge in [0, 0.05) is 5.69 Å². The molecular formula is C14H17N3O2S. The minimum Gasteiger partial charge on any atom is -0.468 e. The van der Waals surface area contributed by atoms with Crippen molar-refractivity contribution in [1.82, 2.24) is 14.8 Å². The third-order valence-electron chi connectivity index (χ3n) is 3.09. The minimum absolute atomic E-state index is 0.222. The molecule has 0 aliphatic heterocycles. The molecule has 106 valence electrons. The van der Waals surface area contributed by atoms with Crippen molar-refractivity contribution in [2.45, 2.75) is 25.9 Å². The summed E-state index contributed by atoms with van der Waals surface area (Å²) in [6.07, 6.45) is 0. The molecule has 0 saturated heterocycles. The highest BCUT2D eigenvalue weighted by Gasteiger charge is 2.13. The molecule has 0 aliphatic rings. The Kier molecular flexibility index (Phi) is 4.44. The van der Waals surface area contributed by atoms with Gasteiger partial charge >= 0.3 is 5.97 Å². The van der Waals surface area contributed by atoms with E-state index in [0.717, 1.165) is 11.5 Å². The molecule has 0 amide bonds. The summed E-state index contributed by atoms with van der Waals surface area (Å²) >= 11 is 1.32. The molecule has 0 radical (unpaired) electrons. The van der Waals surface area contributed by atoms with Gasteiger partial charge in [-0.2, -0.15) is 0 Å². The summed E-state index contributed by atoms with van der Waals surface area (Å²) in [5.41, 5.74) is 3.45. The van der Waals surface area contributed by atoms with Crippen LogP contribution < -0.4 is 0 Å². The van der Waals surface area contributed by atoms with E-state index in [-0.39, 0.29) is 11.7 Å². The number of hydrogen-bond acceptors (Lipinski definition) is 5. The Balaban J connectivity index is 2.33. The van der Waals surface area contributed by atoms with Crippen LogP contribution in [0.2, 0.25) is 0 Å². The average Bonchev–Trinajstić information content (AvgIpc) is 2.80. The summed E-state index contributed by atoms with van der Waals surface area (Å²) in [4.78, 5) is 11.2. The van der Waals surface area contributed by atoms with Gasteiger partial charge in [0.15, 0.2) is 5.16 Å². The predicted molar refractivity (Wildman–Crippen MR) is 78.3 cm³/mol. The molecular weight excluding hydrogens is 274 g/mol. The molecule has 0 fully saturated rings. The molecule has 0 spiro atoms. The zero-order valence-electron chi connectivity index (χ0n) is 12.0. The molecule has 0 unspecified atom stereocenters. The lowest BCUT2D eigenvalue weighted by molar-refractivity contribution is -0.137. The lowest BCUT2D eigenvalue weighted by Gasteiger charge is -2.10. The van der Waals surface area contributed by atoms with Gasteiger partial charge in [-0.05, 0) is 44.0 Å². The van der Waals surface area contributed by atoms with Crippen LogP contribution in [0.1, 0.15) is 17.0 Å². The van der Waals surface area contributed by atoms with E-state index in [9.17, 15) is 4.79 Å². The highest BCUT2D eigenvalue weighted by Crippen LogP contribution is 2.23. The third-order valence-corrected chi connectivity index (χ3v) is 3.99. The Morgan fingerprint density at radius 1 is 1.25 bits per heavy atom. The van der Waals surface area contributed by atoms with Crippen LogP contribution in [-0.4, -0.2) is 33.6 Å². The number of benzene rings is 1. The van der Waals surface area contributed by atoms with Gasteiger partial charge in [0.1, 0.15) is 5.82 Å². The van der Waals surface area contributed by atoms with Crippen molar-refractivity contribution in [2.24, 2.45) is 0 Å². The zero-order chi connectivity index (χ0) is 14.7. The maximum Gasteiger partial charge on any atom is 0.316 e. The summed E-state index contributed by atoms with van der Waals surface area (Å²) in [6.45, 7) is 6.04. The number of esters is 1. The molecule has 1 aromatic carbocycles. The molecule has 0 atom stereocenters. The fraction of sp³-hybridized carbons (Fsp3) is 0.357. The van der Waals surface area contributed by atoms with Gasteiger partial charge in [-0.15, -0.1) is 10.2 Å². The number of methoxy groups -OCH3 is 1. The van der Waals surface area contributed by atoms with Gasteiger partial charge in [-0.25, -0.2) is 0 Å². The van der Waals surface area contributed by atoms with E-state index in [1.807, 2.05) is 17.6 Å². The zero-order valence-corrected chi connectivity index (χ0v) is 12.8. The molecule has 0 bridgehead atoms. The highest BCUT2D eigenvalue weighted by atomic mass is 32.2. The first-order valence-electron chi connectivity index (χ1n) is 6.22. The molecule has 1 aromatic heterocycles. The van der Waals surface area contributed by atoms with Crippen LogP contribution in [0.25, 0.3) is 5.69 Å². The molecule has 5 nitrogen and oxygen atoms in total. The summed E-state index contributed by atoms with van der Waals surface area (Å²) in [5, 5.41) is 8.90. The van der Waals surface area contributed by atoms with Crippen LogP contribution in [-0.2, 0) is 9.53 Å². The van der Waals surface area contributed by atoms with E-state index in [1.165, 1.54) is 30.0 Å². The Bertz CT molecular complexity index is 637. The van der Waals surface area contributed by atoms with E-state index < -0.39 is 0 Å². The fourth-order valence-corrected chi connectivity index (χ4v) is 2.61. The van der Waals surface area contributed by atoms with E-state index >= 15 is 0 Å². The monoisotopic (exact) mass is 291 g/mol. The fourth-order valence-electron chi connectivity index (χ4n) is 1.78. The second kappa shape index (κ2) is 6.09. The number of carbonyl (C=O) groups is 1. The summed E-state index contributed by atoms with van der Waals surface area (Å²) < 4.78 is 6.59. The molecule has 0 aliphatic carbocycles. The van der Waals surface area contributed by atoms with E-state index in [4.69, 9.17) is 0 Å². The summed E-state index contributed by atoms with van der Waals surface area (Å²) in [7, 11) is 1.38. The maximum absolute atomic E-state index is 11.2. The molecule has 0 N–H and O–H groups in total. The number of rotatable bonds is 4. The standard InChI is InChI=1S/C14H17N3O2S/c1-9-5-6-12(7-10(9)2)17-11(3)15-16-14(17)20-8-13(18)19-4/h5-7H,8H2,1-4H3. The highest BCUT2D eigenvalue weighted by molar-refractivity contribution is 7.99. The Labute approximate surface area is 122 Å². The minimum atomic E-state index is -0.276. The van der Waals surface area contributed by atoms with E-state index in [0.29, 0.717) is 5.16 Å². The first kappa shape index (κ1) is 14.6. The summed E-state index contributed by atoms with van der Waals surface area (Å²) in [5.74, 6) is 0.738. The lowest BCUT2D eigenvalue weighted by atomic mass is 10.1. The number of aryl methyl sites for hydroxylation is 3. The quantitative estimate of drug-likeness (QED) is 0.640. The van der Waals surface area contributed by atoms with Gasteiger partial charge in [-0.1, -0.05) is 17.8 Å². The van der Waals surface area contributed by atoms with Gasteiger partial charge < -0.3 is 4.74 Å². The average molecular weight is 291 g/mol. The number of ether oxygens (including phenoxy) is 1. The number of carbonyl (C=O) groups excluding carboxylic acids is 1. The first-order valence-corrected chi connectivity index (χ1v) is 7.20. The number of aromatic nitrogens is 3. The van der Waals surface area contributed by atoms with Gasteiger partial charge in [0.25, 0.3) is 0 Å². The number of hydrogen-bond donors (Lipinski definition) is 0. The van der Waals surface area contributed by atoms with Crippen LogP contribution in [0.15, 0.2) is 23.4 Å². The molecule has 2 aromatic rings. The molecule has 2 rings (SSSR count). The predicted octanol–water partition coefficient (Wildman–Crippen LogP) is 2.46. The topological polar surface area (TPSA) is 57.0 Å². The smallest absolute Gasteiger partial charge is 0.316 e. The first-order chi connectivity index (χ1) is 9.52. The Morgan fingerprint density at radius 3 is 2.65 bits per heavy atom. The van der Waals surface area contributed by atoms with Crippen molar-refractivity contribution in [3.8, 4) is 5.69 Å². The molecule has 6 heteroatoms. The summed E-state index contributed by atoms with van der Waals surface area (Å²) in [6, 6.07) is 6.19. The van der Waals surface area contributed by atoms with Crippen molar-refractivity contribution in [2.75, 3.05) is 12.9 Å². The van der Waals surface area contributed by atoms with Crippen LogP contribution in [0.3, 0.4) is 0 Å². The normalized spacial score (nSPS) is 10.6. The van der Waals surface area contributed by atoms with Crippen molar-refractivity contribution in [3.05, 3.63) is 35.2 Å². The van der Waals surface area contributed by atoms with Crippen molar-refractivity contribution < 1.29 is 9.53 Å².